The van der Waals surface area contributed by atoms with Crippen LogP contribution in [0, 0.1) is 0 Å². The van der Waals surface area contributed by atoms with E-state index in [1.54, 1.807) is 42.2 Å². The van der Waals surface area contributed by atoms with E-state index in [4.69, 9.17) is 11.6 Å². The highest BCUT2D eigenvalue weighted by Gasteiger charge is 2.56. The Morgan fingerprint density at radius 2 is 1.97 bits per heavy atom. The molecule has 39 heavy (non-hydrogen) atoms. The maximum Gasteiger partial charge on any atom is 0.408 e. The number of alkyl halides is 3. The standard InChI is InChI=1S/C27H25ClF3N5O3/c1-16(27(29,30)31)35(13-17-4-3-5-21(28)10-17)23(37)15-36-24(38)26(33-25(36)39)9-8-19-11-18(6-7-22(19)26)20-12-32-34(2)14-20/h3-7,10-12,14,16H,8-9,13,15H2,1-2H3,(H,33,39)/t16?,26-/m0/s1. The third kappa shape index (κ3) is 4.87. The number of urea groups is 1. The van der Waals surface area contributed by atoms with Gasteiger partial charge in [-0.05, 0) is 54.2 Å². The van der Waals surface area contributed by atoms with Crippen LogP contribution in [0.4, 0.5) is 18.0 Å². The molecule has 1 fully saturated rings. The summed E-state index contributed by atoms with van der Waals surface area (Å²) in [4.78, 5) is 41.1. The largest absolute Gasteiger partial charge is 0.408 e. The Bertz CT molecular complexity index is 1470. The van der Waals surface area contributed by atoms with E-state index in [2.05, 4.69) is 10.4 Å². The molecule has 0 radical (unpaired) electrons. The maximum atomic E-state index is 13.7. The van der Waals surface area contributed by atoms with Crippen LogP contribution < -0.4 is 5.32 Å². The van der Waals surface area contributed by atoms with Gasteiger partial charge in [0.15, 0.2) is 0 Å². The highest BCUT2D eigenvalue weighted by molar-refractivity contribution is 6.30. The van der Waals surface area contributed by atoms with Crippen LogP contribution in [-0.2, 0) is 35.1 Å². The molecule has 1 saturated heterocycles. The molecule has 204 valence electrons. The van der Waals surface area contributed by atoms with E-state index in [0.717, 1.165) is 23.6 Å². The molecule has 8 nitrogen and oxygen atoms in total. The first-order valence-electron chi connectivity index (χ1n) is 12.3. The van der Waals surface area contributed by atoms with Crippen molar-refractivity contribution in [1.82, 2.24) is 24.9 Å². The molecule has 1 N–H and O–H groups in total. The molecule has 2 aromatic carbocycles. The van der Waals surface area contributed by atoms with Gasteiger partial charge in [-0.25, -0.2) is 4.79 Å². The summed E-state index contributed by atoms with van der Waals surface area (Å²) < 4.78 is 42.7. The van der Waals surface area contributed by atoms with Gasteiger partial charge in [0.05, 0.1) is 6.20 Å². The molecule has 0 saturated carbocycles. The van der Waals surface area contributed by atoms with Crippen molar-refractivity contribution >= 4 is 29.4 Å². The van der Waals surface area contributed by atoms with Gasteiger partial charge < -0.3 is 10.2 Å². The maximum absolute atomic E-state index is 13.7. The van der Waals surface area contributed by atoms with Gasteiger partial charge in [-0.1, -0.05) is 41.9 Å². The van der Waals surface area contributed by atoms with Crippen LogP contribution >= 0.6 is 11.6 Å². The molecule has 1 aliphatic heterocycles. The summed E-state index contributed by atoms with van der Waals surface area (Å²) in [7, 11) is 1.81. The van der Waals surface area contributed by atoms with Crippen molar-refractivity contribution in [2.45, 2.75) is 44.1 Å². The van der Waals surface area contributed by atoms with E-state index >= 15 is 0 Å². The van der Waals surface area contributed by atoms with Gasteiger partial charge in [0.25, 0.3) is 5.91 Å². The first-order valence-corrected chi connectivity index (χ1v) is 12.6. The zero-order chi connectivity index (χ0) is 28.1. The zero-order valence-electron chi connectivity index (χ0n) is 21.1. The fourth-order valence-corrected chi connectivity index (χ4v) is 5.43. The van der Waals surface area contributed by atoms with Crippen LogP contribution in [-0.4, -0.2) is 56.2 Å². The Morgan fingerprint density at radius 1 is 1.21 bits per heavy atom. The number of imide groups is 1. The van der Waals surface area contributed by atoms with E-state index < -0.39 is 48.7 Å². The van der Waals surface area contributed by atoms with Gasteiger partial charge in [-0.2, -0.15) is 18.3 Å². The lowest BCUT2D eigenvalue weighted by Gasteiger charge is -2.32. The molecule has 2 heterocycles. The molecule has 12 heteroatoms. The van der Waals surface area contributed by atoms with Crippen molar-refractivity contribution in [2.75, 3.05) is 6.54 Å². The number of fused-ring (bicyclic) bond motifs is 2. The quantitative estimate of drug-likeness (QED) is 0.453. The third-order valence-corrected chi connectivity index (χ3v) is 7.58. The molecule has 5 rings (SSSR count). The number of carbonyl (C=O) groups excluding carboxylic acids is 3. The molecule has 1 unspecified atom stereocenters. The third-order valence-electron chi connectivity index (χ3n) is 7.35. The predicted molar refractivity (Wildman–Crippen MR) is 136 cm³/mol. The molecular formula is C27H25ClF3N5O3. The number of nitrogens with zero attached hydrogens (tertiary/aromatic N) is 4. The number of rotatable bonds is 6. The molecule has 2 aliphatic rings. The second-order valence-corrected chi connectivity index (χ2v) is 10.3. The van der Waals surface area contributed by atoms with E-state index in [-0.39, 0.29) is 6.42 Å². The summed E-state index contributed by atoms with van der Waals surface area (Å²) in [6.07, 6.45) is -0.357. The lowest BCUT2D eigenvalue weighted by Crippen LogP contribution is -2.51. The molecule has 2 atom stereocenters. The number of amides is 4. The normalized spacial score (nSPS) is 19.4. The summed E-state index contributed by atoms with van der Waals surface area (Å²) >= 11 is 5.97. The summed E-state index contributed by atoms with van der Waals surface area (Å²) in [5.41, 5.74) is 2.30. The van der Waals surface area contributed by atoms with Crippen molar-refractivity contribution in [3.05, 3.63) is 76.6 Å². The average molecular weight is 560 g/mol. The molecule has 1 aromatic heterocycles. The number of aromatic nitrogens is 2. The van der Waals surface area contributed by atoms with Crippen LogP contribution in [0.2, 0.25) is 5.02 Å². The van der Waals surface area contributed by atoms with E-state index in [0.29, 0.717) is 32.4 Å². The molecule has 3 aromatic rings. The van der Waals surface area contributed by atoms with Crippen molar-refractivity contribution in [3.63, 3.8) is 0 Å². The van der Waals surface area contributed by atoms with Crippen molar-refractivity contribution in [2.24, 2.45) is 7.05 Å². The number of aryl methyl sites for hydroxylation is 2. The van der Waals surface area contributed by atoms with E-state index in [1.165, 1.54) is 6.07 Å². The minimum Gasteiger partial charge on any atom is -0.325 e. The Balaban J connectivity index is 1.39. The zero-order valence-corrected chi connectivity index (χ0v) is 21.9. The minimum atomic E-state index is -4.72. The van der Waals surface area contributed by atoms with Crippen LogP contribution in [0.5, 0.6) is 0 Å². The first-order chi connectivity index (χ1) is 18.4. The lowest BCUT2D eigenvalue weighted by molar-refractivity contribution is -0.187. The van der Waals surface area contributed by atoms with Gasteiger partial charge >= 0.3 is 12.2 Å². The summed E-state index contributed by atoms with van der Waals surface area (Å²) in [5.74, 6) is -1.67. The van der Waals surface area contributed by atoms with Crippen LogP contribution in [0.25, 0.3) is 11.1 Å². The predicted octanol–water partition coefficient (Wildman–Crippen LogP) is 4.41. The Labute approximate surface area is 227 Å². The highest BCUT2D eigenvalue weighted by Crippen LogP contribution is 2.43. The van der Waals surface area contributed by atoms with Crippen molar-refractivity contribution < 1.29 is 27.6 Å². The number of hydrogen-bond acceptors (Lipinski definition) is 4. The lowest BCUT2D eigenvalue weighted by atomic mass is 9.90. The van der Waals surface area contributed by atoms with Gasteiger partial charge in [0, 0.05) is 30.4 Å². The number of benzene rings is 2. The van der Waals surface area contributed by atoms with Crippen LogP contribution in [0.3, 0.4) is 0 Å². The van der Waals surface area contributed by atoms with E-state index in [9.17, 15) is 27.6 Å². The summed E-state index contributed by atoms with van der Waals surface area (Å²) in [5, 5.41) is 7.20. The second kappa shape index (κ2) is 9.71. The van der Waals surface area contributed by atoms with Crippen LogP contribution in [0.15, 0.2) is 54.9 Å². The molecular weight excluding hydrogens is 535 g/mol. The summed E-state index contributed by atoms with van der Waals surface area (Å²) in [6, 6.07) is 8.70. The summed E-state index contributed by atoms with van der Waals surface area (Å²) in [6.45, 7) is -0.353. The molecule has 1 aliphatic carbocycles. The molecule has 1 spiro atoms. The molecule has 4 amide bonds. The fourth-order valence-electron chi connectivity index (χ4n) is 5.22. The Morgan fingerprint density at radius 3 is 2.64 bits per heavy atom. The molecule has 0 bridgehead atoms. The Kier molecular flexibility index (Phi) is 6.66. The van der Waals surface area contributed by atoms with Gasteiger partial charge in [-0.3, -0.25) is 19.2 Å². The van der Waals surface area contributed by atoms with Crippen molar-refractivity contribution in [1.29, 1.82) is 0 Å². The van der Waals surface area contributed by atoms with Gasteiger partial charge in [-0.15, -0.1) is 0 Å². The SMILES string of the molecule is CC(N(Cc1cccc(Cl)c1)C(=O)CN1C(=O)N[C@]2(CCc3cc(-c4cnn(C)c4)ccc32)C1=O)C(F)(F)F. The monoisotopic (exact) mass is 559 g/mol. The fraction of sp³-hybridized carbons (Fsp3) is 0.333. The van der Waals surface area contributed by atoms with Crippen molar-refractivity contribution in [3.8, 4) is 11.1 Å². The van der Waals surface area contributed by atoms with Crippen LogP contribution in [0.1, 0.15) is 30.0 Å². The minimum absolute atomic E-state index is 0.277. The number of nitrogens with one attached hydrogen (secondary N) is 1. The number of hydrogen-bond donors (Lipinski definition) is 1. The smallest absolute Gasteiger partial charge is 0.325 e. The highest BCUT2D eigenvalue weighted by atomic mass is 35.5. The second-order valence-electron chi connectivity index (χ2n) is 9.87. The number of carbonyl (C=O) groups is 3. The van der Waals surface area contributed by atoms with E-state index in [1.807, 2.05) is 18.3 Å². The Hall–Kier alpha value is -3.86. The number of halogens is 4. The topological polar surface area (TPSA) is 87.5 Å². The first kappa shape index (κ1) is 26.7. The average Bonchev–Trinajstić information content (AvgIpc) is 3.54. The van der Waals surface area contributed by atoms with Gasteiger partial charge in [0.1, 0.15) is 18.1 Å². The van der Waals surface area contributed by atoms with Gasteiger partial charge in [0.2, 0.25) is 5.91 Å².